The molecule has 2 saturated heterocycles. The number of hydrogen-bond acceptors (Lipinski definition) is 8. The van der Waals surface area contributed by atoms with Crippen LogP contribution in [0.25, 0.3) is 11.2 Å². The van der Waals surface area contributed by atoms with Crippen LogP contribution in [0.15, 0.2) is 24.7 Å². The molecular weight excluding hydrogens is 408 g/mol. The van der Waals surface area contributed by atoms with Crippen molar-refractivity contribution in [2.45, 2.75) is 31.8 Å². The number of ether oxygens (including phenoxy) is 1. The van der Waals surface area contributed by atoms with Crippen molar-refractivity contribution < 1.29 is 9.53 Å². The highest BCUT2D eigenvalue weighted by molar-refractivity contribution is 5.92. The average Bonchev–Trinajstić information content (AvgIpc) is 3.24. The first-order valence-electron chi connectivity index (χ1n) is 11.1. The number of nitrogens with zero attached hydrogens (tertiary/aromatic N) is 6. The number of nitrogens with one attached hydrogen (secondary N) is 2. The Morgan fingerprint density at radius 3 is 2.78 bits per heavy atom. The second-order valence-corrected chi connectivity index (χ2v) is 8.54. The molecule has 168 valence electrons. The number of carbonyl (C=O) groups excluding carboxylic acids is 1. The number of hydrogen-bond donors (Lipinski definition) is 2. The molecule has 0 saturated carbocycles. The molecule has 2 N–H and O–H groups in total. The molecule has 32 heavy (non-hydrogen) atoms. The lowest BCUT2D eigenvalue weighted by Gasteiger charge is -2.36. The molecule has 2 fully saturated rings. The van der Waals surface area contributed by atoms with Crippen LogP contribution in [-0.4, -0.2) is 81.7 Å². The van der Waals surface area contributed by atoms with Crippen molar-refractivity contribution in [2.75, 3.05) is 44.8 Å². The van der Waals surface area contributed by atoms with Crippen LogP contribution in [0.3, 0.4) is 0 Å². The molecular formula is C22H28N8O2. The minimum atomic E-state index is -0.129. The summed E-state index contributed by atoms with van der Waals surface area (Å²) in [6, 6.07) is 3.87. The number of amides is 1. The molecule has 2 atom stereocenters. The highest BCUT2D eigenvalue weighted by Crippen LogP contribution is 2.31. The number of morpholine rings is 1. The fourth-order valence-electron chi connectivity index (χ4n) is 4.48. The van der Waals surface area contributed by atoms with Crippen molar-refractivity contribution in [3.05, 3.63) is 41.7 Å². The zero-order chi connectivity index (χ0) is 22.1. The number of aromatic nitrogens is 5. The predicted octanol–water partition coefficient (Wildman–Crippen LogP) is 1.46. The molecule has 5 rings (SSSR count). The van der Waals surface area contributed by atoms with E-state index in [1.54, 1.807) is 18.6 Å². The van der Waals surface area contributed by atoms with Crippen LogP contribution in [0.2, 0.25) is 0 Å². The summed E-state index contributed by atoms with van der Waals surface area (Å²) in [7, 11) is 2.06. The van der Waals surface area contributed by atoms with Crippen LogP contribution in [-0.2, 0) is 4.74 Å². The number of carbonyl (C=O) groups is 1. The van der Waals surface area contributed by atoms with E-state index in [4.69, 9.17) is 9.72 Å². The molecule has 5 heterocycles. The maximum atomic E-state index is 12.5. The van der Waals surface area contributed by atoms with Gasteiger partial charge in [0.15, 0.2) is 11.5 Å². The number of H-pyrrole nitrogens is 1. The molecule has 0 aromatic carbocycles. The van der Waals surface area contributed by atoms with E-state index < -0.39 is 0 Å². The SMILES string of the molecule is Cc1ccc(C(=O)NC2CCC(c3nc4ncnc(N5CCOCC5)c4[nH]3)N(C)C2)nc1. The van der Waals surface area contributed by atoms with E-state index in [0.717, 1.165) is 55.2 Å². The average molecular weight is 437 g/mol. The molecule has 3 aromatic rings. The van der Waals surface area contributed by atoms with Gasteiger partial charge < -0.3 is 19.9 Å². The Morgan fingerprint density at radius 2 is 2.03 bits per heavy atom. The van der Waals surface area contributed by atoms with Gasteiger partial charge in [0.25, 0.3) is 5.91 Å². The molecule has 0 spiro atoms. The molecule has 2 aliphatic heterocycles. The number of likely N-dealkylation sites (N-methyl/N-ethyl adjacent to an activating group) is 1. The minimum absolute atomic E-state index is 0.0694. The number of aromatic amines is 1. The molecule has 2 unspecified atom stereocenters. The van der Waals surface area contributed by atoms with Gasteiger partial charge in [-0.2, -0.15) is 0 Å². The highest BCUT2D eigenvalue weighted by atomic mass is 16.5. The Balaban J connectivity index is 1.28. The number of pyridine rings is 1. The summed E-state index contributed by atoms with van der Waals surface area (Å²) in [6.07, 6.45) is 5.04. The molecule has 0 radical (unpaired) electrons. The van der Waals surface area contributed by atoms with E-state index in [1.165, 1.54) is 0 Å². The van der Waals surface area contributed by atoms with Crippen molar-refractivity contribution in [1.82, 2.24) is 35.1 Å². The normalized spacial score (nSPS) is 22.2. The minimum Gasteiger partial charge on any atom is -0.378 e. The quantitative estimate of drug-likeness (QED) is 0.632. The third-order valence-electron chi connectivity index (χ3n) is 6.22. The summed E-state index contributed by atoms with van der Waals surface area (Å²) in [5.74, 6) is 1.64. The Bertz CT molecular complexity index is 1090. The topological polar surface area (TPSA) is 112 Å². The number of aryl methyl sites for hydroxylation is 1. The predicted molar refractivity (Wildman–Crippen MR) is 120 cm³/mol. The third-order valence-corrected chi connectivity index (χ3v) is 6.22. The van der Waals surface area contributed by atoms with Gasteiger partial charge in [0, 0.05) is 31.9 Å². The van der Waals surface area contributed by atoms with Crippen molar-refractivity contribution in [2.24, 2.45) is 0 Å². The van der Waals surface area contributed by atoms with Crippen molar-refractivity contribution in [1.29, 1.82) is 0 Å². The molecule has 0 bridgehead atoms. The van der Waals surface area contributed by atoms with Gasteiger partial charge in [-0.25, -0.2) is 15.0 Å². The van der Waals surface area contributed by atoms with E-state index in [-0.39, 0.29) is 18.0 Å². The number of anilines is 1. The molecule has 3 aromatic heterocycles. The Morgan fingerprint density at radius 1 is 1.19 bits per heavy atom. The summed E-state index contributed by atoms with van der Waals surface area (Å²) in [6.45, 7) is 5.70. The zero-order valence-corrected chi connectivity index (χ0v) is 18.4. The number of rotatable bonds is 4. The molecule has 10 nitrogen and oxygen atoms in total. The van der Waals surface area contributed by atoms with E-state index in [2.05, 4.69) is 42.1 Å². The van der Waals surface area contributed by atoms with Crippen LogP contribution in [0.4, 0.5) is 5.82 Å². The van der Waals surface area contributed by atoms with E-state index in [1.807, 2.05) is 13.0 Å². The lowest BCUT2D eigenvalue weighted by atomic mass is 9.98. The maximum Gasteiger partial charge on any atom is 0.270 e. The summed E-state index contributed by atoms with van der Waals surface area (Å²) >= 11 is 0. The van der Waals surface area contributed by atoms with Crippen LogP contribution in [0.1, 0.15) is 40.8 Å². The van der Waals surface area contributed by atoms with Gasteiger partial charge in [-0.3, -0.25) is 14.7 Å². The number of imidazole rings is 1. The number of piperidine rings is 1. The summed E-state index contributed by atoms with van der Waals surface area (Å²) < 4.78 is 5.47. The van der Waals surface area contributed by atoms with Gasteiger partial charge in [-0.15, -0.1) is 0 Å². The maximum absolute atomic E-state index is 12.5. The molecule has 10 heteroatoms. The van der Waals surface area contributed by atoms with Gasteiger partial charge >= 0.3 is 0 Å². The Hall–Kier alpha value is -3.11. The van der Waals surface area contributed by atoms with Gasteiger partial charge in [0.05, 0.1) is 19.3 Å². The van der Waals surface area contributed by atoms with Crippen molar-refractivity contribution >= 4 is 22.9 Å². The monoisotopic (exact) mass is 436 g/mol. The van der Waals surface area contributed by atoms with Crippen LogP contribution in [0, 0.1) is 6.92 Å². The second-order valence-electron chi connectivity index (χ2n) is 8.54. The zero-order valence-electron chi connectivity index (χ0n) is 18.4. The summed E-state index contributed by atoms with van der Waals surface area (Å²) in [5.41, 5.74) is 3.05. The standard InChI is InChI=1S/C22H28N8O2/c1-14-3-5-16(23-11-14)22(31)26-15-4-6-17(29(2)12-15)19-27-18-20(28-19)24-13-25-21(18)30-7-9-32-10-8-30/h3,5,11,13,15,17H,4,6-10,12H2,1-2H3,(H,26,31)(H,24,25,27,28). The largest absolute Gasteiger partial charge is 0.378 e. The molecule has 1 amide bonds. The third kappa shape index (κ3) is 4.15. The highest BCUT2D eigenvalue weighted by Gasteiger charge is 2.31. The fourth-order valence-corrected chi connectivity index (χ4v) is 4.48. The van der Waals surface area contributed by atoms with Crippen LogP contribution < -0.4 is 10.2 Å². The Kier molecular flexibility index (Phi) is 5.71. The molecule has 2 aliphatic rings. The lowest BCUT2D eigenvalue weighted by Crippen LogP contribution is -2.47. The van der Waals surface area contributed by atoms with Crippen molar-refractivity contribution in [3.63, 3.8) is 0 Å². The molecule has 0 aliphatic carbocycles. The van der Waals surface area contributed by atoms with Gasteiger partial charge in [-0.05, 0) is 38.4 Å². The first-order chi connectivity index (χ1) is 15.6. The van der Waals surface area contributed by atoms with Crippen LogP contribution in [0.5, 0.6) is 0 Å². The van der Waals surface area contributed by atoms with E-state index >= 15 is 0 Å². The number of fused-ring (bicyclic) bond motifs is 1. The smallest absolute Gasteiger partial charge is 0.270 e. The first-order valence-corrected chi connectivity index (χ1v) is 11.1. The summed E-state index contributed by atoms with van der Waals surface area (Å²) in [4.78, 5) is 38.4. The first kappa shape index (κ1) is 20.8. The van der Waals surface area contributed by atoms with Gasteiger partial charge in [0.1, 0.15) is 23.4 Å². The second kappa shape index (κ2) is 8.79. The van der Waals surface area contributed by atoms with Crippen molar-refractivity contribution in [3.8, 4) is 0 Å². The number of likely N-dealkylation sites (tertiary alicyclic amines) is 1. The lowest BCUT2D eigenvalue weighted by molar-refractivity contribution is 0.0874. The Labute approximate surface area is 186 Å². The summed E-state index contributed by atoms with van der Waals surface area (Å²) in [5, 5.41) is 3.12. The van der Waals surface area contributed by atoms with E-state index in [9.17, 15) is 4.79 Å². The van der Waals surface area contributed by atoms with Gasteiger partial charge in [-0.1, -0.05) is 6.07 Å². The fraction of sp³-hybridized carbons (Fsp3) is 0.500. The van der Waals surface area contributed by atoms with Gasteiger partial charge in [0.2, 0.25) is 0 Å². The van der Waals surface area contributed by atoms with Crippen LogP contribution >= 0.6 is 0 Å². The van der Waals surface area contributed by atoms with E-state index in [0.29, 0.717) is 24.6 Å².